The van der Waals surface area contributed by atoms with Gasteiger partial charge in [-0.05, 0) is 26.7 Å². The van der Waals surface area contributed by atoms with Gasteiger partial charge in [0.2, 0.25) is 11.9 Å². The van der Waals surface area contributed by atoms with Crippen molar-refractivity contribution in [2.75, 3.05) is 36.5 Å². The van der Waals surface area contributed by atoms with E-state index in [0.717, 1.165) is 19.5 Å². The van der Waals surface area contributed by atoms with Gasteiger partial charge < -0.3 is 20.1 Å². The average molecular weight is 281 g/mol. The normalized spacial score (nSPS) is 22.1. The molecule has 1 saturated heterocycles. The Labute approximate surface area is 119 Å². The number of nitrogens with zero attached hydrogens (tertiary/aromatic N) is 4. The van der Waals surface area contributed by atoms with Crippen molar-refractivity contribution in [1.82, 2.24) is 15.0 Å². The van der Waals surface area contributed by atoms with E-state index in [2.05, 4.69) is 27.2 Å². The van der Waals surface area contributed by atoms with Gasteiger partial charge in [0.1, 0.15) is 0 Å². The number of hydrogen-bond donors (Lipinski definition) is 2. The third-order valence-electron chi connectivity index (χ3n) is 3.14. The molecule has 112 valence electrons. The van der Waals surface area contributed by atoms with E-state index in [1.807, 2.05) is 18.7 Å². The molecule has 1 aromatic rings. The standard InChI is InChI=1S/C13H23N5O2/c1-4-7-14-10-15-11(17-12(16-10)20-5-2)18-8-6-13(3,19)9-18/h19H,4-9H2,1-3H3,(H,14,15,16,17). The highest BCUT2D eigenvalue weighted by Gasteiger charge is 2.33. The van der Waals surface area contributed by atoms with E-state index in [9.17, 15) is 5.11 Å². The lowest BCUT2D eigenvalue weighted by Crippen LogP contribution is -2.30. The molecule has 2 heterocycles. The molecule has 1 unspecified atom stereocenters. The van der Waals surface area contributed by atoms with Crippen LogP contribution in [0.1, 0.15) is 33.6 Å². The summed E-state index contributed by atoms with van der Waals surface area (Å²) >= 11 is 0. The van der Waals surface area contributed by atoms with Crippen LogP contribution in [-0.2, 0) is 0 Å². The summed E-state index contributed by atoms with van der Waals surface area (Å²) in [4.78, 5) is 14.9. The van der Waals surface area contributed by atoms with Gasteiger partial charge in [0.05, 0.1) is 12.2 Å². The van der Waals surface area contributed by atoms with Gasteiger partial charge in [-0.25, -0.2) is 0 Å². The Morgan fingerprint density at radius 2 is 2.15 bits per heavy atom. The molecular weight excluding hydrogens is 258 g/mol. The van der Waals surface area contributed by atoms with E-state index in [0.29, 0.717) is 37.5 Å². The molecule has 1 atom stereocenters. The van der Waals surface area contributed by atoms with Crippen LogP contribution >= 0.6 is 0 Å². The third kappa shape index (κ3) is 3.69. The smallest absolute Gasteiger partial charge is 0.323 e. The molecule has 0 bridgehead atoms. The highest BCUT2D eigenvalue weighted by molar-refractivity contribution is 5.40. The zero-order valence-electron chi connectivity index (χ0n) is 12.4. The number of aliphatic hydroxyl groups is 1. The number of rotatable bonds is 6. The predicted molar refractivity (Wildman–Crippen MR) is 77.2 cm³/mol. The average Bonchev–Trinajstić information content (AvgIpc) is 2.77. The lowest BCUT2D eigenvalue weighted by atomic mass is 10.1. The Bertz CT molecular complexity index is 452. The molecule has 1 aromatic heterocycles. The molecule has 7 nitrogen and oxygen atoms in total. The van der Waals surface area contributed by atoms with Crippen molar-refractivity contribution in [3.8, 4) is 6.01 Å². The van der Waals surface area contributed by atoms with Crippen molar-refractivity contribution in [3.63, 3.8) is 0 Å². The number of anilines is 2. The van der Waals surface area contributed by atoms with Gasteiger partial charge in [-0.15, -0.1) is 0 Å². The first-order chi connectivity index (χ1) is 9.54. The molecule has 2 rings (SSSR count). The van der Waals surface area contributed by atoms with Crippen molar-refractivity contribution in [2.45, 2.75) is 39.2 Å². The van der Waals surface area contributed by atoms with E-state index in [-0.39, 0.29) is 0 Å². The van der Waals surface area contributed by atoms with Crippen LogP contribution < -0.4 is 15.0 Å². The van der Waals surface area contributed by atoms with Crippen LogP contribution in [0.4, 0.5) is 11.9 Å². The molecule has 7 heteroatoms. The summed E-state index contributed by atoms with van der Waals surface area (Å²) in [5, 5.41) is 13.2. The number of nitrogens with one attached hydrogen (secondary N) is 1. The summed E-state index contributed by atoms with van der Waals surface area (Å²) in [6.07, 6.45) is 1.70. The number of β-amino-alcohol motifs (C(OH)–C–C–N with tert-alkyl or cyclic N) is 1. The summed E-state index contributed by atoms with van der Waals surface area (Å²) in [5.41, 5.74) is -0.685. The van der Waals surface area contributed by atoms with Crippen molar-refractivity contribution in [3.05, 3.63) is 0 Å². The largest absolute Gasteiger partial charge is 0.464 e. The zero-order chi connectivity index (χ0) is 14.6. The summed E-state index contributed by atoms with van der Waals surface area (Å²) in [5.74, 6) is 1.08. The van der Waals surface area contributed by atoms with Gasteiger partial charge in [-0.3, -0.25) is 0 Å². The van der Waals surface area contributed by atoms with Crippen LogP contribution in [0, 0.1) is 0 Å². The topological polar surface area (TPSA) is 83.4 Å². The molecule has 0 amide bonds. The van der Waals surface area contributed by atoms with Gasteiger partial charge in [-0.1, -0.05) is 6.92 Å². The van der Waals surface area contributed by atoms with Gasteiger partial charge in [0.15, 0.2) is 0 Å². The third-order valence-corrected chi connectivity index (χ3v) is 3.14. The Balaban J connectivity index is 2.20. The second-order valence-corrected chi connectivity index (χ2v) is 5.27. The summed E-state index contributed by atoms with van der Waals surface area (Å²) in [6.45, 7) is 8.36. The van der Waals surface area contributed by atoms with Gasteiger partial charge in [0, 0.05) is 19.6 Å². The first-order valence-electron chi connectivity index (χ1n) is 7.14. The molecule has 1 fully saturated rings. The SMILES string of the molecule is CCCNc1nc(OCC)nc(N2CCC(C)(O)C2)n1. The fraction of sp³-hybridized carbons (Fsp3) is 0.769. The van der Waals surface area contributed by atoms with Crippen molar-refractivity contribution in [2.24, 2.45) is 0 Å². The Hall–Kier alpha value is -1.63. The maximum atomic E-state index is 10.0. The molecule has 1 aliphatic heterocycles. The monoisotopic (exact) mass is 281 g/mol. The maximum Gasteiger partial charge on any atom is 0.323 e. The molecule has 0 aromatic carbocycles. The van der Waals surface area contributed by atoms with E-state index in [1.165, 1.54) is 0 Å². The highest BCUT2D eigenvalue weighted by Crippen LogP contribution is 2.25. The fourth-order valence-corrected chi connectivity index (χ4v) is 2.11. The Kier molecular flexibility index (Phi) is 4.59. The van der Waals surface area contributed by atoms with E-state index in [4.69, 9.17) is 4.74 Å². The molecular formula is C13H23N5O2. The van der Waals surface area contributed by atoms with Crippen LogP contribution in [0.25, 0.3) is 0 Å². The maximum absolute atomic E-state index is 10.0. The molecule has 2 N–H and O–H groups in total. The number of aromatic nitrogens is 3. The molecule has 0 aliphatic carbocycles. The number of ether oxygens (including phenoxy) is 1. The van der Waals surface area contributed by atoms with Crippen molar-refractivity contribution >= 4 is 11.9 Å². The van der Waals surface area contributed by atoms with Crippen LogP contribution in [-0.4, -0.2) is 51.9 Å². The molecule has 0 spiro atoms. The van der Waals surface area contributed by atoms with Crippen LogP contribution in [0.2, 0.25) is 0 Å². The van der Waals surface area contributed by atoms with Gasteiger partial charge >= 0.3 is 6.01 Å². The van der Waals surface area contributed by atoms with Crippen LogP contribution in [0.5, 0.6) is 6.01 Å². The second kappa shape index (κ2) is 6.21. The first-order valence-corrected chi connectivity index (χ1v) is 7.14. The highest BCUT2D eigenvalue weighted by atomic mass is 16.5. The van der Waals surface area contributed by atoms with Gasteiger partial charge in [0.25, 0.3) is 0 Å². The molecule has 0 saturated carbocycles. The summed E-state index contributed by atoms with van der Waals surface area (Å²) < 4.78 is 5.39. The summed E-state index contributed by atoms with van der Waals surface area (Å²) in [7, 11) is 0. The molecule has 20 heavy (non-hydrogen) atoms. The zero-order valence-corrected chi connectivity index (χ0v) is 12.4. The lowest BCUT2D eigenvalue weighted by Gasteiger charge is -2.19. The minimum absolute atomic E-state index is 0.322. The quantitative estimate of drug-likeness (QED) is 0.806. The van der Waals surface area contributed by atoms with E-state index < -0.39 is 5.60 Å². The molecule has 0 radical (unpaired) electrons. The Morgan fingerprint density at radius 1 is 1.35 bits per heavy atom. The van der Waals surface area contributed by atoms with Crippen LogP contribution in [0.3, 0.4) is 0 Å². The van der Waals surface area contributed by atoms with Crippen LogP contribution in [0.15, 0.2) is 0 Å². The summed E-state index contributed by atoms with van der Waals surface area (Å²) in [6, 6.07) is 0.322. The van der Waals surface area contributed by atoms with Gasteiger partial charge in [-0.2, -0.15) is 15.0 Å². The van der Waals surface area contributed by atoms with Crippen molar-refractivity contribution < 1.29 is 9.84 Å². The first kappa shape index (κ1) is 14.8. The van der Waals surface area contributed by atoms with Crippen molar-refractivity contribution in [1.29, 1.82) is 0 Å². The second-order valence-electron chi connectivity index (χ2n) is 5.27. The Morgan fingerprint density at radius 3 is 2.75 bits per heavy atom. The fourth-order valence-electron chi connectivity index (χ4n) is 2.11. The van der Waals surface area contributed by atoms with E-state index in [1.54, 1.807) is 0 Å². The minimum Gasteiger partial charge on any atom is -0.464 e. The number of hydrogen-bond acceptors (Lipinski definition) is 7. The molecule has 1 aliphatic rings. The lowest BCUT2D eigenvalue weighted by molar-refractivity contribution is 0.0838. The minimum atomic E-state index is -0.685. The van der Waals surface area contributed by atoms with E-state index >= 15 is 0 Å². The predicted octanol–water partition coefficient (Wildman–Crippen LogP) is 1.05.